The van der Waals surface area contributed by atoms with Gasteiger partial charge in [-0.2, -0.15) is 0 Å². The highest BCUT2D eigenvalue weighted by molar-refractivity contribution is 14.1. The molecule has 0 unspecified atom stereocenters. The first-order valence-corrected chi connectivity index (χ1v) is 12.3. The van der Waals surface area contributed by atoms with Gasteiger partial charge in [-0.15, -0.1) is 10.2 Å². The number of aromatic nitrogens is 3. The molecule has 0 atom stereocenters. The van der Waals surface area contributed by atoms with Gasteiger partial charge in [-0.3, -0.25) is 9.59 Å². The van der Waals surface area contributed by atoms with Gasteiger partial charge in [0.25, 0.3) is 5.91 Å². The predicted octanol–water partition coefficient (Wildman–Crippen LogP) is 4.86. The molecule has 0 spiro atoms. The summed E-state index contributed by atoms with van der Waals surface area (Å²) in [7, 11) is 1.80. The highest BCUT2D eigenvalue weighted by Gasteiger charge is 2.15. The van der Waals surface area contributed by atoms with Crippen LogP contribution in [-0.4, -0.2) is 32.3 Å². The first-order valence-electron chi connectivity index (χ1n) is 9.89. The van der Waals surface area contributed by atoms with Gasteiger partial charge >= 0.3 is 0 Å². The Morgan fingerprint density at radius 3 is 2.66 bits per heavy atom. The first kappa shape index (κ1) is 24.5. The summed E-state index contributed by atoms with van der Waals surface area (Å²) >= 11 is 9.62. The van der Waals surface area contributed by atoms with E-state index in [9.17, 15) is 9.59 Å². The van der Waals surface area contributed by atoms with E-state index in [4.69, 9.17) is 11.6 Å². The molecule has 3 aromatic rings. The van der Waals surface area contributed by atoms with Gasteiger partial charge in [0.05, 0.1) is 22.9 Å². The first-order chi connectivity index (χ1) is 15.3. The number of anilines is 1. The highest BCUT2D eigenvalue weighted by atomic mass is 127. The summed E-state index contributed by atoms with van der Waals surface area (Å²) in [6.45, 7) is 4.39. The SMILES string of the molecule is CC(C)c1cc(I)ccc1NC(=O)CSc1nnc(CNC(=O)c2ccccc2Cl)n1C. The number of nitrogens with zero attached hydrogens (tertiary/aromatic N) is 3. The maximum Gasteiger partial charge on any atom is 0.253 e. The number of hydrogen-bond acceptors (Lipinski definition) is 5. The third-order valence-corrected chi connectivity index (χ3v) is 6.71. The molecule has 10 heteroatoms. The third-order valence-electron chi connectivity index (χ3n) is 4.69. The van der Waals surface area contributed by atoms with Crippen molar-refractivity contribution in [3.8, 4) is 0 Å². The van der Waals surface area contributed by atoms with E-state index in [0.29, 0.717) is 27.5 Å². The van der Waals surface area contributed by atoms with Crippen LogP contribution < -0.4 is 10.6 Å². The second-order valence-electron chi connectivity index (χ2n) is 7.34. The molecule has 3 rings (SSSR count). The fourth-order valence-corrected chi connectivity index (χ4v) is 4.43. The van der Waals surface area contributed by atoms with Gasteiger partial charge < -0.3 is 15.2 Å². The van der Waals surface area contributed by atoms with E-state index < -0.39 is 0 Å². The fraction of sp³-hybridized carbons (Fsp3) is 0.273. The summed E-state index contributed by atoms with van der Waals surface area (Å²) in [5.41, 5.74) is 2.33. The molecule has 168 valence electrons. The van der Waals surface area contributed by atoms with Crippen LogP contribution >= 0.6 is 46.0 Å². The largest absolute Gasteiger partial charge is 0.345 e. The van der Waals surface area contributed by atoms with Crippen LogP contribution in [0.4, 0.5) is 5.69 Å². The standard InChI is InChI=1S/C22H23ClIN5O2S/c1-13(2)16-10-14(24)8-9-18(16)26-20(30)12-32-22-28-27-19(29(22)3)11-25-21(31)15-6-4-5-7-17(15)23/h4-10,13H,11-12H2,1-3H3,(H,25,31)(H,26,30). The van der Waals surface area contributed by atoms with E-state index >= 15 is 0 Å². The maximum atomic E-state index is 12.5. The molecule has 2 aromatic carbocycles. The topological polar surface area (TPSA) is 88.9 Å². The van der Waals surface area contributed by atoms with Gasteiger partial charge in [-0.1, -0.05) is 49.3 Å². The van der Waals surface area contributed by atoms with Crippen LogP contribution in [-0.2, 0) is 18.4 Å². The van der Waals surface area contributed by atoms with Crippen LogP contribution in [0.15, 0.2) is 47.6 Å². The summed E-state index contributed by atoms with van der Waals surface area (Å²) in [6.07, 6.45) is 0. The maximum absolute atomic E-state index is 12.5. The molecule has 7 nitrogen and oxygen atoms in total. The van der Waals surface area contributed by atoms with E-state index in [1.807, 2.05) is 12.1 Å². The zero-order chi connectivity index (χ0) is 23.3. The van der Waals surface area contributed by atoms with Crippen LogP contribution in [0.25, 0.3) is 0 Å². The molecular formula is C22H23ClIN5O2S. The normalized spacial score (nSPS) is 10.9. The van der Waals surface area contributed by atoms with Gasteiger partial charge in [0.15, 0.2) is 11.0 Å². The summed E-state index contributed by atoms with van der Waals surface area (Å²) in [5, 5.41) is 15.0. The van der Waals surface area contributed by atoms with E-state index in [1.54, 1.807) is 35.9 Å². The molecule has 1 heterocycles. The van der Waals surface area contributed by atoms with Crippen molar-refractivity contribution >= 4 is 63.5 Å². The lowest BCUT2D eigenvalue weighted by atomic mass is 10.0. The van der Waals surface area contributed by atoms with Crippen molar-refractivity contribution in [1.82, 2.24) is 20.1 Å². The third kappa shape index (κ3) is 6.23. The van der Waals surface area contributed by atoms with E-state index in [-0.39, 0.29) is 24.1 Å². The number of nitrogens with one attached hydrogen (secondary N) is 2. The Bertz CT molecular complexity index is 1140. The van der Waals surface area contributed by atoms with Crippen molar-refractivity contribution in [3.63, 3.8) is 0 Å². The lowest BCUT2D eigenvalue weighted by molar-refractivity contribution is -0.113. The van der Waals surface area contributed by atoms with Crippen LogP contribution in [0.1, 0.15) is 41.5 Å². The molecule has 0 saturated carbocycles. The zero-order valence-corrected chi connectivity index (χ0v) is 21.6. The molecule has 0 aliphatic heterocycles. The summed E-state index contributed by atoms with van der Waals surface area (Å²) < 4.78 is 2.89. The Balaban J connectivity index is 1.56. The Labute approximate surface area is 209 Å². The van der Waals surface area contributed by atoms with Gasteiger partial charge in [0.1, 0.15) is 0 Å². The Hall–Kier alpha value is -2.11. The second kappa shape index (κ2) is 11.2. The molecule has 0 fully saturated rings. The number of carbonyl (C=O) groups excluding carboxylic acids is 2. The Kier molecular flexibility index (Phi) is 8.55. The van der Waals surface area contributed by atoms with Crippen LogP contribution in [0.3, 0.4) is 0 Å². The summed E-state index contributed by atoms with van der Waals surface area (Å²) in [4.78, 5) is 24.8. The predicted molar refractivity (Wildman–Crippen MR) is 136 cm³/mol. The van der Waals surface area contributed by atoms with Crippen molar-refractivity contribution in [2.45, 2.75) is 31.5 Å². The molecular weight excluding hydrogens is 561 g/mol. The van der Waals surface area contributed by atoms with Gasteiger partial charge in [-0.25, -0.2) is 0 Å². The quantitative estimate of drug-likeness (QED) is 0.292. The number of thioether (sulfide) groups is 1. The molecule has 1 aromatic heterocycles. The number of rotatable bonds is 8. The van der Waals surface area contributed by atoms with Crippen LogP contribution in [0.2, 0.25) is 5.02 Å². The molecule has 2 amide bonds. The molecule has 0 saturated heterocycles. The number of hydrogen-bond donors (Lipinski definition) is 2. The number of amides is 2. The second-order valence-corrected chi connectivity index (χ2v) is 9.94. The van der Waals surface area contributed by atoms with Gasteiger partial charge in [-0.05, 0) is 64.4 Å². The molecule has 0 bridgehead atoms. The average molecular weight is 584 g/mol. The molecule has 0 radical (unpaired) electrons. The van der Waals surface area contributed by atoms with Gasteiger partial charge in [0, 0.05) is 16.3 Å². The van der Waals surface area contributed by atoms with E-state index in [2.05, 4.69) is 63.3 Å². The van der Waals surface area contributed by atoms with Crippen molar-refractivity contribution in [2.24, 2.45) is 7.05 Å². The molecule has 32 heavy (non-hydrogen) atoms. The van der Waals surface area contributed by atoms with Crippen molar-refractivity contribution in [3.05, 3.63) is 68.0 Å². The molecule has 0 aliphatic carbocycles. The van der Waals surface area contributed by atoms with Crippen molar-refractivity contribution in [1.29, 1.82) is 0 Å². The molecule has 2 N–H and O–H groups in total. The van der Waals surface area contributed by atoms with Crippen molar-refractivity contribution in [2.75, 3.05) is 11.1 Å². The molecule has 0 aliphatic rings. The van der Waals surface area contributed by atoms with Gasteiger partial charge in [0.2, 0.25) is 5.91 Å². The van der Waals surface area contributed by atoms with Crippen molar-refractivity contribution < 1.29 is 9.59 Å². The van der Waals surface area contributed by atoms with E-state index in [0.717, 1.165) is 14.8 Å². The number of halogens is 2. The Morgan fingerprint density at radius 2 is 1.94 bits per heavy atom. The minimum atomic E-state index is -0.286. The average Bonchev–Trinajstić information content (AvgIpc) is 3.11. The summed E-state index contributed by atoms with van der Waals surface area (Å²) in [6, 6.07) is 12.8. The minimum Gasteiger partial charge on any atom is -0.345 e. The number of benzene rings is 2. The number of carbonyl (C=O) groups is 2. The summed E-state index contributed by atoms with van der Waals surface area (Å²) in [5.74, 6) is 0.671. The minimum absolute atomic E-state index is 0.116. The highest BCUT2D eigenvalue weighted by Crippen LogP contribution is 2.26. The smallest absolute Gasteiger partial charge is 0.253 e. The fourth-order valence-electron chi connectivity index (χ4n) is 2.97. The lowest BCUT2D eigenvalue weighted by Gasteiger charge is -2.14. The van der Waals surface area contributed by atoms with Crippen LogP contribution in [0, 0.1) is 3.57 Å². The monoisotopic (exact) mass is 583 g/mol. The van der Waals surface area contributed by atoms with Crippen LogP contribution in [0.5, 0.6) is 0 Å². The lowest BCUT2D eigenvalue weighted by Crippen LogP contribution is -2.24. The zero-order valence-electron chi connectivity index (χ0n) is 17.9. The Morgan fingerprint density at radius 1 is 1.19 bits per heavy atom. The van der Waals surface area contributed by atoms with E-state index in [1.165, 1.54) is 11.8 Å².